The van der Waals surface area contributed by atoms with Gasteiger partial charge in [0.1, 0.15) is 5.82 Å². The van der Waals surface area contributed by atoms with Crippen LogP contribution in [-0.4, -0.2) is 29.7 Å². The first-order valence-corrected chi connectivity index (χ1v) is 6.18. The van der Waals surface area contributed by atoms with E-state index in [1.807, 2.05) is 35.8 Å². The van der Waals surface area contributed by atoms with Crippen molar-refractivity contribution in [1.29, 1.82) is 0 Å². The lowest BCUT2D eigenvalue weighted by molar-refractivity contribution is 0.0601. The number of hydrogen-bond acceptors (Lipinski definition) is 5. The molecule has 2 N–H and O–H groups in total. The number of benzene rings is 1. The Bertz CT molecular complexity index is 621. The highest BCUT2D eigenvalue weighted by molar-refractivity contribution is 5.91. The Labute approximate surface area is 117 Å². The van der Waals surface area contributed by atoms with E-state index in [1.54, 1.807) is 18.3 Å². The topological polar surface area (TPSA) is 73.4 Å². The van der Waals surface area contributed by atoms with Crippen LogP contribution >= 0.6 is 0 Å². The maximum absolute atomic E-state index is 11.4. The third-order valence-electron chi connectivity index (χ3n) is 3.16. The molecule has 0 aliphatic carbocycles. The van der Waals surface area contributed by atoms with Gasteiger partial charge in [-0.3, -0.25) is 0 Å². The van der Waals surface area contributed by atoms with Crippen LogP contribution in [0.5, 0.6) is 0 Å². The van der Waals surface area contributed by atoms with Crippen LogP contribution in [0.25, 0.3) is 0 Å². The van der Waals surface area contributed by atoms with E-state index in [0.717, 1.165) is 11.5 Å². The van der Waals surface area contributed by atoms with E-state index >= 15 is 0 Å². The lowest BCUT2D eigenvalue weighted by Crippen LogP contribution is -2.20. The molecule has 6 heteroatoms. The zero-order chi connectivity index (χ0) is 14.7. The largest absolute Gasteiger partial charge is 0.465 e. The normalized spacial score (nSPS) is 10.3. The fourth-order valence-electron chi connectivity index (χ4n) is 1.99. The van der Waals surface area contributed by atoms with Crippen molar-refractivity contribution in [2.24, 2.45) is 7.05 Å². The number of nitrogen functional groups attached to an aromatic ring is 1. The molecule has 106 valence electrons. The Morgan fingerprint density at radius 1 is 1.50 bits per heavy atom. The maximum atomic E-state index is 11.4. The third-order valence-corrected chi connectivity index (χ3v) is 3.16. The summed E-state index contributed by atoms with van der Waals surface area (Å²) in [4.78, 5) is 17.7. The summed E-state index contributed by atoms with van der Waals surface area (Å²) in [5, 5.41) is 0. The standard InChI is InChI=1S/C14H18N4O2/c1-17-7-6-16-13(17)9-18(2)12-5-4-10(8-11(12)15)14(19)20-3/h4-8H,9,15H2,1-3H3. The molecule has 2 aromatic rings. The Balaban J connectivity index is 2.20. The first-order chi connectivity index (χ1) is 9.52. The fourth-order valence-corrected chi connectivity index (χ4v) is 1.99. The van der Waals surface area contributed by atoms with Gasteiger partial charge in [-0.1, -0.05) is 0 Å². The molecule has 0 saturated heterocycles. The van der Waals surface area contributed by atoms with Gasteiger partial charge >= 0.3 is 5.97 Å². The van der Waals surface area contributed by atoms with Crippen LogP contribution in [0.3, 0.4) is 0 Å². The Morgan fingerprint density at radius 3 is 2.80 bits per heavy atom. The van der Waals surface area contributed by atoms with Gasteiger partial charge in [0.2, 0.25) is 0 Å². The first kappa shape index (κ1) is 13.9. The molecule has 20 heavy (non-hydrogen) atoms. The van der Waals surface area contributed by atoms with Crippen LogP contribution in [0.1, 0.15) is 16.2 Å². The molecule has 0 atom stereocenters. The third kappa shape index (κ3) is 2.74. The Kier molecular flexibility index (Phi) is 3.93. The fraction of sp³-hybridized carbons (Fsp3) is 0.286. The number of imidazole rings is 1. The van der Waals surface area contributed by atoms with Gasteiger partial charge in [-0.15, -0.1) is 0 Å². The summed E-state index contributed by atoms with van der Waals surface area (Å²) in [6, 6.07) is 5.13. The van der Waals surface area contributed by atoms with Gasteiger partial charge in [0.05, 0.1) is 30.6 Å². The molecule has 0 fully saturated rings. The number of methoxy groups -OCH3 is 1. The predicted molar refractivity (Wildman–Crippen MR) is 77.5 cm³/mol. The van der Waals surface area contributed by atoms with Crippen molar-refractivity contribution in [3.63, 3.8) is 0 Å². The van der Waals surface area contributed by atoms with E-state index in [4.69, 9.17) is 5.73 Å². The molecule has 0 aliphatic rings. The van der Waals surface area contributed by atoms with Crippen LogP contribution < -0.4 is 10.6 Å². The number of hydrogen-bond donors (Lipinski definition) is 1. The highest BCUT2D eigenvalue weighted by Gasteiger charge is 2.12. The second-order valence-corrected chi connectivity index (χ2v) is 4.58. The van der Waals surface area contributed by atoms with Crippen LogP contribution in [0.4, 0.5) is 11.4 Å². The Hall–Kier alpha value is -2.50. The van der Waals surface area contributed by atoms with Crippen molar-refractivity contribution < 1.29 is 9.53 Å². The van der Waals surface area contributed by atoms with Gasteiger partial charge in [-0.25, -0.2) is 9.78 Å². The van der Waals surface area contributed by atoms with E-state index in [9.17, 15) is 4.79 Å². The molecule has 1 heterocycles. The van der Waals surface area contributed by atoms with Crippen molar-refractivity contribution in [2.45, 2.75) is 6.54 Å². The van der Waals surface area contributed by atoms with Gasteiger partial charge in [0.15, 0.2) is 0 Å². The van der Waals surface area contributed by atoms with Crippen molar-refractivity contribution in [3.8, 4) is 0 Å². The summed E-state index contributed by atoms with van der Waals surface area (Å²) in [6.45, 7) is 0.630. The van der Waals surface area contributed by atoms with Crippen molar-refractivity contribution in [1.82, 2.24) is 9.55 Å². The number of aryl methyl sites for hydroxylation is 1. The number of esters is 1. The number of ether oxygens (including phenoxy) is 1. The summed E-state index contributed by atoms with van der Waals surface area (Å²) in [5.74, 6) is 0.541. The minimum Gasteiger partial charge on any atom is -0.465 e. The van der Waals surface area contributed by atoms with E-state index in [-0.39, 0.29) is 0 Å². The number of carbonyl (C=O) groups excluding carboxylic acids is 1. The lowest BCUT2D eigenvalue weighted by Gasteiger charge is -2.21. The highest BCUT2D eigenvalue weighted by Crippen LogP contribution is 2.24. The first-order valence-electron chi connectivity index (χ1n) is 6.18. The summed E-state index contributed by atoms with van der Waals surface area (Å²) in [6.07, 6.45) is 3.65. The van der Waals surface area contributed by atoms with Crippen LogP contribution in [0, 0.1) is 0 Å². The molecule has 0 aliphatic heterocycles. The van der Waals surface area contributed by atoms with E-state index in [1.165, 1.54) is 7.11 Å². The SMILES string of the molecule is COC(=O)c1ccc(N(C)Cc2nccn2C)c(N)c1. The molecular formula is C14H18N4O2. The predicted octanol–water partition coefficient (Wildman–Crippen LogP) is 1.43. The lowest BCUT2D eigenvalue weighted by atomic mass is 10.1. The molecule has 6 nitrogen and oxygen atoms in total. The number of carbonyl (C=O) groups is 1. The van der Waals surface area contributed by atoms with Crippen LogP contribution in [0.2, 0.25) is 0 Å². The smallest absolute Gasteiger partial charge is 0.337 e. The minimum atomic E-state index is -0.394. The summed E-state index contributed by atoms with van der Waals surface area (Å²) in [7, 11) is 5.22. The summed E-state index contributed by atoms with van der Waals surface area (Å²) in [5.41, 5.74) is 7.83. The maximum Gasteiger partial charge on any atom is 0.337 e. The van der Waals surface area contributed by atoms with Crippen molar-refractivity contribution >= 4 is 17.3 Å². The van der Waals surface area contributed by atoms with Gasteiger partial charge < -0.3 is 19.9 Å². The highest BCUT2D eigenvalue weighted by atomic mass is 16.5. The summed E-state index contributed by atoms with van der Waals surface area (Å²) >= 11 is 0. The number of nitrogens with two attached hydrogens (primary N) is 1. The Morgan fingerprint density at radius 2 is 2.25 bits per heavy atom. The average Bonchev–Trinajstić information content (AvgIpc) is 2.83. The van der Waals surface area contributed by atoms with Crippen LogP contribution in [-0.2, 0) is 18.3 Å². The minimum absolute atomic E-state index is 0.394. The monoisotopic (exact) mass is 274 g/mol. The van der Waals surface area contributed by atoms with E-state index < -0.39 is 5.97 Å². The second kappa shape index (κ2) is 5.64. The number of rotatable bonds is 4. The number of anilines is 2. The number of aromatic nitrogens is 2. The van der Waals surface area contributed by atoms with Gasteiger partial charge in [0, 0.05) is 26.5 Å². The average molecular weight is 274 g/mol. The molecule has 0 radical (unpaired) electrons. The zero-order valence-electron chi connectivity index (χ0n) is 11.8. The molecule has 0 bridgehead atoms. The van der Waals surface area contributed by atoms with E-state index in [0.29, 0.717) is 17.8 Å². The second-order valence-electron chi connectivity index (χ2n) is 4.58. The molecule has 0 unspecified atom stereocenters. The molecule has 0 amide bonds. The molecule has 1 aromatic heterocycles. The van der Waals surface area contributed by atoms with Gasteiger partial charge in [-0.05, 0) is 18.2 Å². The number of nitrogens with zero attached hydrogens (tertiary/aromatic N) is 3. The molecular weight excluding hydrogens is 256 g/mol. The van der Waals surface area contributed by atoms with E-state index in [2.05, 4.69) is 9.72 Å². The molecule has 1 aromatic carbocycles. The van der Waals surface area contributed by atoms with Gasteiger partial charge in [-0.2, -0.15) is 0 Å². The van der Waals surface area contributed by atoms with Crippen molar-refractivity contribution in [2.75, 3.05) is 24.8 Å². The van der Waals surface area contributed by atoms with Crippen molar-refractivity contribution in [3.05, 3.63) is 42.0 Å². The summed E-state index contributed by atoms with van der Waals surface area (Å²) < 4.78 is 6.63. The van der Waals surface area contributed by atoms with Gasteiger partial charge in [0.25, 0.3) is 0 Å². The van der Waals surface area contributed by atoms with Crippen LogP contribution in [0.15, 0.2) is 30.6 Å². The zero-order valence-corrected chi connectivity index (χ0v) is 11.8. The molecule has 0 saturated carbocycles. The molecule has 2 rings (SSSR count). The quantitative estimate of drug-likeness (QED) is 0.674. The molecule has 0 spiro atoms.